The van der Waals surface area contributed by atoms with Crippen molar-refractivity contribution in [3.05, 3.63) is 107 Å². The molecule has 4 aromatic rings. The number of carbonyl (C=O) groups excluding carboxylic acids is 1. The van der Waals surface area contributed by atoms with Crippen LogP contribution in [0.25, 0.3) is 11.3 Å². The van der Waals surface area contributed by atoms with E-state index in [0.717, 1.165) is 11.4 Å². The van der Waals surface area contributed by atoms with Crippen molar-refractivity contribution >= 4 is 40.3 Å². The van der Waals surface area contributed by atoms with Gasteiger partial charge < -0.3 is 24.7 Å². The summed E-state index contributed by atoms with van der Waals surface area (Å²) in [7, 11) is 1.46. The molecule has 2 aromatic carbocycles. The summed E-state index contributed by atoms with van der Waals surface area (Å²) in [5, 5.41) is 18.2. The first-order valence-corrected chi connectivity index (χ1v) is 12.1. The molecule has 3 heterocycles. The van der Waals surface area contributed by atoms with Gasteiger partial charge in [0.05, 0.1) is 22.2 Å². The molecule has 0 spiro atoms. The number of nitrogens with one attached hydrogen (secondary N) is 2. The third-order valence-corrected chi connectivity index (χ3v) is 6.40. The zero-order valence-corrected chi connectivity index (χ0v) is 21.1. The zero-order chi connectivity index (χ0) is 26.6. The number of rotatable bonds is 8. The summed E-state index contributed by atoms with van der Waals surface area (Å²) in [5.41, 5.74) is 2.48. The number of benzene rings is 2. The van der Waals surface area contributed by atoms with Crippen LogP contribution in [-0.4, -0.2) is 34.6 Å². The van der Waals surface area contributed by atoms with E-state index in [1.165, 1.54) is 13.2 Å². The highest BCUT2D eigenvalue weighted by molar-refractivity contribution is 7.80. The van der Waals surface area contributed by atoms with E-state index in [2.05, 4.69) is 15.6 Å². The largest absolute Gasteiger partial charge is 0.459 e. The van der Waals surface area contributed by atoms with Crippen LogP contribution < -0.4 is 15.5 Å². The molecule has 0 bridgehead atoms. The van der Waals surface area contributed by atoms with Crippen LogP contribution in [0, 0.1) is 10.1 Å². The fraction of sp³-hybridized carbons (Fsp3) is 0.148. The lowest BCUT2D eigenvalue weighted by Gasteiger charge is -2.26. The number of carbonyl (C=O) groups is 1. The SMILES string of the molecule is COCC(=O)Nc1ccc(N2C(=S)N[C@@H](c3ccccn3)[C@H]2c2ccc(-c3ccccc3[N+](=O)[O-])o2)cc1. The van der Waals surface area contributed by atoms with E-state index in [1.54, 1.807) is 48.7 Å². The molecule has 11 heteroatoms. The minimum absolute atomic E-state index is 0.0438. The fourth-order valence-corrected chi connectivity index (χ4v) is 4.80. The number of para-hydroxylation sites is 1. The van der Waals surface area contributed by atoms with E-state index in [0.29, 0.717) is 27.9 Å². The first kappa shape index (κ1) is 25.1. The lowest BCUT2D eigenvalue weighted by molar-refractivity contribution is -0.384. The first-order valence-electron chi connectivity index (χ1n) is 11.7. The molecular formula is C27H23N5O5S. The van der Waals surface area contributed by atoms with Gasteiger partial charge in [0.2, 0.25) is 5.91 Å². The number of furan rings is 1. The average Bonchev–Trinajstić information content (AvgIpc) is 3.54. The topological polar surface area (TPSA) is 123 Å². The second kappa shape index (κ2) is 10.8. The Kier molecular flexibility index (Phi) is 7.11. The van der Waals surface area contributed by atoms with Gasteiger partial charge in [-0.25, -0.2) is 0 Å². The number of anilines is 2. The quantitative estimate of drug-likeness (QED) is 0.184. The van der Waals surface area contributed by atoms with Crippen LogP contribution in [-0.2, 0) is 9.53 Å². The molecule has 2 N–H and O–H groups in total. The molecule has 1 fully saturated rings. The maximum absolute atomic E-state index is 11.9. The summed E-state index contributed by atoms with van der Waals surface area (Å²) in [4.78, 5) is 29.5. The summed E-state index contributed by atoms with van der Waals surface area (Å²) in [6, 6.07) is 22.0. The third-order valence-electron chi connectivity index (χ3n) is 6.09. The lowest BCUT2D eigenvalue weighted by Crippen LogP contribution is -2.29. The van der Waals surface area contributed by atoms with Gasteiger partial charge in [-0.3, -0.25) is 19.9 Å². The van der Waals surface area contributed by atoms with Gasteiger partial charge >= 0.3 is 0 Å². The molecule has 1 aliphatic heterocycles. The van der Waals surface area contributed by atoms with Crippen LogP contribution >= 0.6 is 12.2 Å². The summed E-state index contributed by atoms with van der Waals surface area (Å²) in [5.74, 6) is 0.671. The van der Waals surface area contributed by atoms with Crippen LogP contribution in [0.5, 0.6) is 0 Å². The highest BCUT2D eigenvalue weighted by Crippen LogP contribution is 2.43. The van der Waals surface area contributed by atoms with Crippen molar-refractivity contribution in [2.45, 2.75) is 12.1 Å². The Bertz CT molecular complexity index is 1470. The first-order chi connectivity index (χ1) is 18.5. The van der Waals surface area contributed by atoms with Crippen molar-refractivity contribution in [3.63, 3.8) is 0 Å². The highest BCUT2D eigenvalue weighted by atomic mass is 32.1. The number of nitro benzene ring substituents is 1. The Balaban J connectivity index is 1.53. The number of thiocarbonyl (C=S) groups is 1. The minimum Gasteiger partial charge on any atom is -0.459 e. The van der Waals surface area contributed by atoms with Crippen molar-refractivity contribution in [2.75, 3.05) is 23.9 Å². The number of aromatic nitrogens is 1. The molecule has 0 radical (unpaired) electrons. The van der Waals surface area contributed by atoms with Crippen molar-refractivity contribution in [1.82, 2.24) is 10.3 Å². The summed E-state index contributed by atoms with van der Waals surface area (Å²) in [6.45, 7) is -0.0455. The van der Waals surface area contributed by atoms with Gasteiger partial charge in [-0.05, 0) is 66.8 Å². The van der Waals surface area contributed by atoms with Gasteiger partial charge in [0.1, 0.15) is 24.2 Å². The van der Waals surface area contributed by atoms with Crippen LogP contribution in [0.15, 0.2) is 89.5 Å². The van der Waals surface area contributed by atoms with E-state index >= 15 is 0 Å². The van der Waals surface area contributed by atoms with E-state index in [9.17, 15) is 14.9 Å². The van der Waals surface area contributed by atoms with Crippen molar-refractivity contribution in [1.29, 1.82) is 0 Å². The third kappa shape index (κ3) is 4.97. The number of hydrogen-bond donors (Lipinski definition) is 2. The minimum atomic E-state index is -0.442. The number of amides is 1. The second-order valence-electron chi connectivity index (χ2n) is 8.50. The Morgan fingerprint density at radius 1 is 1.13 bits per heavy atom. The molecule has 2 aromatic heterocycles. The number of hydrogen-bond acceptors (Lipinski definition) is 7. The molecule has 0 unspecified atom stereocenters. The standard InChI is InChI=1S/C27H23N5O5S/c1-36-16-24(33)29-17-9-11-18(12-10-17)31-26(25(30-27(31)38)20-7-4-5-15-28-20)23-14-13-22(37-23)19-6-2-3-8-21(19)32(34)35/h2-15,25-26H,16H2,1H3,(H,29,33)(H,30,38)/t25-,26+/m0/s1. The van der Waals surface area contributed by atoms with E-state index in [1.807, 2.05) is 35.2 Å². The van der Waals surface area contributed by atoms with E-state index in [4.69, 9.17) is 21.4 Å². The molecule has 0 saturated carbocycles. The molecular weight excluding hydrogens is 506 g/mol. The normalized spacial score (nSPS) is 16.8. The van der Waals surface area contributed by atoms with Crippen LogP contribution in [0.1, 0.15) is 23.5 Å². The van der Waals surface area contributed by atoms with Crippen LogP contribution in [0.2, 0.25) is 0 Å². The predicted octanol–water partition coefficient (Wildman–Crippen LogP) is 5.01. The summed E-state index contributed by atoms with van der Waals surface area (Å²) in [6.07, 6.45) is 1.71. The average molecular weight is 530 g/mol. The molecule has 192 valence electrons. The number of methoxy groups -OCH3 is 1. The molecule has 5 rings (SSSR count). The second-order valence-corrected chi connectivity index (χ2v) is 8.89. The molecule has 0 aliphatic carbocycles. The number of nitrogens with zero attached hydrogens (tertiary/aromatic N) is 3. The monoisotopic (exact) mass is 529 g/mol. The molecule has 1 saturated heterocycles. The number of pyridine rings is 1. The van der Waals surface area contributed by atoms with Crippen LogP contribution in [0.3, 0.4) is 0 Å². The van der Waals surface area contributed by atoms with Gasteiger partial charge in [-0.15, -0.1) is 0 Å². The zero-order valence-electron chi connectivity index (χ0n) is 20.2. The summed E-state index contributed by atoms with van der Waals surface area (Å²) < 4.78 is 11.1. The molecule has 1 aliphatic rings. The van der Waals surface area contributed by atoms with Crippen LogP contribution in [0.4, 0.5) is 17.1 Å². The molecule has 1 amide bonds. The Morgan fingerprint density at radius 3 is 2.61 bits per heavy atom. The van der Waals surface area contributed by atoms with Gasteiger partial charge in [0.25, 0.3) is 5.69 Å². The summed E-state index contributed by atoms with van der Waals surface area (Å²) >= 11 is 5.74. The van der Waals surface area contributed by atoms with Gasteiger partial charge in [-0.2, -0.15) is 0 Å². The number of nitro groups is 1. The van der Waals surface area contributed by atoms with Gasteiger partial charge in [0, 0.05) is 30.7 Å². The van der Waals surface area contributed by atoms with E-state index < -0.39 is 11.0 Å². The van der Waals surface area contributed by atoms with Gasteiger partial charge in [0.15, 0.2) is 5.11 Å². The number of ether oxygens (including phenoxy) is 1. The van der Waals surface area contributed by atoms with Gasteiger partial charge in [-0.1, -0.05) is 18.2 Å². The molecule has 10 nitrogen and oxygen atoms in total. The maximum atomic E-state index is 11.9. The molecule has 2 atom stereocenters. The van der Waals surface area contributed by atoms with Crippen molar-refractivity contribution < 1.29 is 18.9 Å². The smallest absolute Gasteiger partial charge is 0.280 e. The lowest BCUT2D eigenvalue weighted by atomic mass is 10.0. The Labute approximate surface area is 223 Å². The van der Waals surface area contributed by atoms with Crippen molar-refractivity contribution in [2.24, 2.45) is 0 Å². The van der Waals surface area contributed by atoms with Crippen molar-refractivity contribution in [3.8, 4) is 11.3 Å². The Morgan fingerprint density at radius 2 is 1.89 bits per heavy atom. The predicted molar refractivity (Wildman–Crippen MR) is 146 cm³/mol. The fourth-order valence-electron chi connectivity index (χ4n) is 4.45. The van der Waals surface area contributed by atoms with E-state index in [-0.39, 0.29) is 24.2 Å². The molecule has 38 heavy (non-hydrogen) atoms. The highest BCUT2D eigenvalue weighted by Gasteiger charge is 2.42. The Hall–Kier alpha value is -4.61. The maximum Gasteiger partial charge on any atom is 0.280 e.